The molecular formula is C11H15ClN2O. The predicted octanol–water partition coefficient (Wildman–Crippen LogP) is 2.51. The molecule has 0 heterocycles. The average molecular weight is 227 g/mol. The first kappa shape index (κ1) is 11.9. The van der Waals surface area contributed by atoms with Gasteiger partial charge in [0, 0.05) is 5.56 Å². The number of nitrogens with zero attached hydrogens (tertiary/aromatic N) is 1. The molecule has 0 fully saturated rings. The number of hydrazone groups is 1. The van der Waals surface area contributed by atoms with Crippen LogP contribution in [0, 0.1) is 0 Å². The Morgan fingerprint density at radius 1 is 1.53 bits per heavy atom. The number of rotatable bonds is 5. The maximum atomic E-state index is 5.83. The standard InChI is InChI=1S/C11H15ClN2O/c1-2-5-15-11-4-3-9(8-14-13)6-10(11)7-12/h3-4,6,8H,2,5,7,13H2,1H3. The van der Waals surface area contributed by atoms with Crippen LogP contribution in [-0.2, 0) is 5.88 Å². The van der Waals surface area contributed by atoms with Gasteiger partial charge >= 0.3 is 0 Å². The van der Waals surface area contributed by atoms with Gasteiger partial charge in [-0.15, -0.1) is 11.6 Å². The van der Waals surface area contributed by atoms with Crippen molar-refractivity contribution in [2.45, 2.75) is 19.2 Å². The molecule has 1 aromatic rings. The van der Waals surface area contributed by atoms with Crippen molar-refractivity contribution in [2.75, 3.05) is 6.61 Å². The van der Waals surface area contributed by atoms with Crippen LogP contribution in [0.4, 0.5) is 0 Å². The molecule has 1 rings (SSSR count). The summed E-state index contributed by atoms with van der Waals surface area (Å²) in [5.74, 6) is 6.33. The van der Waals surface area contributed by atoms with Gasteiger partial charge in [0.25, 0.3) is 0 Å². The lowest BCUT2D eigenvalue weighted by atomic mass is 10.1. The van der Waals surface area contributed by atoms with Crippen molar-refractivity contribution in [1.82, 2.24) is 0 Å². The van der Waals surface area contributed by atoms with E-state index in [1.165, 1.54) is 0 Å². The van der Waals surface area contributed by atoms with Gasteiger partial charge in [-0.25, -0.2) is 0 Å². The second kappa shape index (κ2) is 6.30. The van der Waals surface area contributed by atoms with E-state index in [9.17, 15) is 0 Å². The Labute approximate surface area is 94.9 Å². The van der Waals surface area contributed by atoms with Crippen LogP contribution in [0.1, 0.15) is 24.5 Å². The molecule has 0 saturated carbocycles. The van der Waals surface area contributed by atoms with Crippen LogP contribution in [0.2, 0.25) is 0 Å². The number of halogens is 1. The van der Waals surface area contributed by atoms with E-state index in [2.05, 4.69) is 12.0 Å². The Balaban J connectivity index is 2.88. The summed E-state index contributed by atoms with van der Waals surface area (Å²) in [4.78, 5) is 0. The lowest BCUT2D eigenvalue weighted by Gasteiger charge is -2.09. The number of alkyl halides is 1. The Morgan fingerprint density at radius 2 is 2.33 bits per heavy atom. The molecule has 82 valence electrons. The van der Waals surface area contributed by atoms with Gasteiger partial charge in [0.2, 0.25) is 0 Å². The normalized spacial score (nSPS) is 10.8. The van der Waals surface area contributed by atoms with Crippen LogP contribution in [0.25, 0.3) is 0 Å². The highest BCUT2D eigenvalue weighted by Gasteiger charge is 2.03. The molecule has 1 aromatic carbocycles. The van der Waals surface area contributed by atoms with E-state index < -0.39 is 0 Å². The van der Waals surface area contributed by atoms with Crippen LogP contribution < -0.4 is 10.6 Å². The third-order valence-electron chi connectivity index (χ3n) is 1.91. The zero-order valence-electron chi connectivity index (χ0n) is 8.74. The molecule has 0 spiro atoms. The van der Waals surface area contributed by atoms with Crippen molar-refractivity contribution >= 4 is 17.8 Å². The van der Waals surface area contributed by atoms with Crippen molar-refractivity contribution in [3.63, 3.8) is 0 Å². The number of hydrogen-bond donors (Lipinski definition) is 1. The fraction of sp³-hybridized carbons (Fsp3) is 0.364. The molecule has 3 nitrogen and oxygen atoms in total. The molecule has 0 aliphatic heterocycles. The topological polar surface area (TPSA) is 47.6 Å². The average Bonchev–Trinajstić information content (AvgIpc) is 2.27. The quantitative estimate of drug-likeness (QED) is 0.363. The zero-order chi connectivity index (χ0) is 11.1. The van der Waals surface area contributed by atoms with Crippen molar-refractivity contribution in [3.05, 3.63) is 29.3 Å². The highest BCUT2D eigenvalue weighted by molar-refractivity contribution is 6.17. The first-order valence-corrected chi connectivity index (χ1v) is 5.40. The third kappa shape index (κ3) is 3.44. The Hall–Kier alpha value is -1.22. The predicted molar refractivity (Wildman–Crippen MR) is 63.6 cm³/mol. The molecule has 2 N–H and O–H groups in total. The second-order valence-corrected chi connectivity index (χ2v) is 3.39. The lowest BCUT2D eigenvalue weighted by molar-refractivity contribution is 0.315. The van der Waals surface area contributed by atoms with Gasteiger partial charge in [0.15, 0.2) is 0 Å². The Kier molecular flexibility index (Phi) is 4.98. The summed E-state index contributed by atoms with van der Waals surface area (Å²) in [5, 5.41) is 3.46. The molecule has 0 amide bonds. The van der Waals surface area contributed by atoms with Crippen LogP contribution in [-0.4, -0.2) is 12.8 Å². The molecule has 0 unspecified atom stereocenters. The van der Waals surface area contributed by atoms with Crippen molar-refractivity contribution in [1.29, 1.82) is 0 Å². The molecule has 0 atom stereocenters. The Morgan fingerprint density at radius 3 is 2.93 bits per heavy atom. The third-order valence-corrected chi connectivity index (χ3v) is 2.20. The minimum absolute atomic E-state index is 0.422. The summed E-state index contributed by atoms with van der Waals surface area (Å²) in [6, 6.07) is 5.72. The van der Waals surface area contributed by atoms with Gasteiger partial charge in [0.1, 0.15) is 5.75 Å². The zero-order valence-corrected chi connectivity index (χ0v) is 9.50. The maximum absolute atomic E-state index is 5.83. The summed E-state index contributed by atoms with van der Waals surface area (Å²) in [6.07, 6.45) is 2.56. The molecule has 15 heavy (non-hydrogen) atoms. The van der Waals surface area contributed by atoms with Crippen LogP contribution in [0.15, 0.2) is 23.3 Å². The molecule has 0 aliphatic rings. The van der Waals surface area contributed by atoms with Crippen LogP contribution >= 0.6 is 11.6 Å². The molecular weight excluding hydrogens is 212 g/mol. The van der Waals surface area contributed by atoms with E-state index in [4.69, 9.17) is 22.2 Å². The lowest BCUT2D eigenvalue weighted by Crippen LogP contribution is -1.99. The van der Waals surface area contributed by atoms with Crippen molar-refractivity contribution in [3.8, 4) is 5.75 Å². The Bertz CT molecular complexity index is 339. The number of benzene rings is 1. The van der Waals surface area contributed by atoms with Crippen molar-refractivity contribution in [2.24, 2.45) is 10.9 Å². The molecule has 4 heteroatoms. The van der Waals surface area contributed by atoms with Gasteiger partial charge in [-0.1, -0.05) is 6.92 Å². The number of ether oxygens (including phenoxy) is 1. The van der Waals surface area contributed by atoms with Gasteiger partial charge in [0.05, 0.1) is 18.7 Å². The largest absolute Gasteiger partial charge is 0.493 e. The molecule has 0 bridgehead atoms. The highest BCUT2D eigenvalue weighted by atomic mass is 35.5. The van der Waals surface area contributed by atoms with Gasteiger partial charge in [-0.05, 0) is 30.2 Å². The van der Waals surface area contributed by atoms with Crippen LogP contribution in [0.3, 0.4) is 0 Å². The smallest absolute Gasteiger partial charge is 0.123 e. The monoisotopic (exact) mass is 226 g/mol. The first-order valence-electron chi connectivity index (χ1n) is 4.86. The fourth-order valence-corrected chi connectivity index (χ4v) is 1.43. The molecule has 0 saturated heterocycles. The summed E-state index contributed by atoms with van der Waals surface area (Å²) in [5.41, 5.74) is 1.89. The fourth-order valence-electron chi connectivity index (χ4n) is 1.22. The molecule has 0 aromatic heterocycles. The first-order chi connectivity index (χ1) is 7.31. The van der Waals surface area contributed by atoms with Gasteiger partial charge in [-0.2, -0.15) is 5.10 Å². The minimum Gasteiger partial charge on any atom is -0.493 e. The van der Waals surface area contributed by atoms with Gasteiger partial charge < -0.3 is 10.6 Å². The van der Waals surface area contributed by atoms with Gasteiger partial charge in [-0.3, -0.25) is 0 Å². The van der Waals surface area contributed by atoms with E-state index in [0.717, 1.165) is 23.3 Å². The van der Waals surface area contributed by atoms with E-state index in [1.807, 2.05) is 18.2 Å². The van der Waals surface area contributed by atoms with Crippen LogP contribution in [0.5, 0.6) is 5.75 Å². The molecule has 0 aliphatic carbocycles. The minimum atomic E-state index is 0.422. The second-order valence-electron chi connectivity index (χ2n) is 3.13. The summed E-state index contributed by atoms with van der Waals surface area (Å²) in [6.45, 7) is 2.77. The summed E-state index contributed by atoms with van der Waals surface area (Å²) < 4.78 is 5.55. The van der Waals surface area contributed by atoms with E-state index in [-0.39, 0.29) is 0 Å². The summed E-state index contributed by atoms with van der Waals surface area (Å²) >= 11 is 5.83. The van der Waals surface area contributed by atoms with E-state index in [0.29, 0.717) is 12.5 Å². The van der Waals surface area contributed by atoms with E-state index >= 15 is 0 Å². The van der Waals surface area contributed by atoms with Crippen molar-refractivity contribution < 1.29 is 4.74 Å². The number of nitrogens with two attached hydrogens (primary N) is 1. The SMILES string of the molecule is CCCOc1ccc(C=NN)cc1CCl. The number of hydrogen-bond acceptors (Lipinski definition) is 3. The summed E-state index contributed by atoms with van der Waals surface area (Å²) in [7, 11) is 0. The molecule has 0 radical (unpaired) electrons. The van der Waals surface area contributed by atoms with E-state index in [1.54, 1.807) is 6.21 Å². The highest BCUT2D eigenvalue weighted by Crippen LogP contribution is 2.21. The maximum Gasteiger partial charge on any atom is 0.123 e.